The largest absolute Gasteiger partial charge is 0.461 e. The lowest BCUT2D eigenvalue weighted by molar-refractivity contribution is -0.113. The monoisotopic (exact) mass is 575 g/mol. The molecule has 0 atom stereocenters. The Bertz CT molecular complexity index is 1480. The summed E-state index contributed by atoms with van der Waals surface area (Å²) in [4.78, 5) is 18.0. The zero-order valence-corrected chi connectivity index (χ0v) is 22.2. The van der Waals surface area contributed by atoms with Crippen LogP contribution in [0.15, 0.2) is 76.6 Å². The van der Waals surface area contributed by atoms with Crippen molar-refractivity contribution in [3.63, 3.8) is 0 Å². The molecule has 0 saturated carbocycles. The first kappa shape index (κ1) is 24.9. The maximum atomic E-state index is 12.7. The van der Waals surface area contributed by atoms with Gasteiger partial charge < -0.3 is 9.73 Å². The van der Waals surface area contributed by atoms with Gasteiger partial charge in [0.2, 0.25) is 11.7 Å². The van der Waals surface area contributed by atoms with E-state index in [9.17, 15) is 4.79 Å². The van der Waals surface area contributed by atoms with Crippen molar-refractivity contribution in [1.29, 1.82) is 0 Å². The van der Waals surface area contributed by atoms with E-state index in [0.717, 1.165) is 16.1 Å². The average molecular weight is 577 g/mol. The summed E-state index contributed by atoms with van der Waals surface area (Å²) in [5.74, 6) is 0.987. The van der Waals surface area contributed by atoms with Gasteiger partial charge in [0.15, 0.2) is 16.0 Å². The van der Waals surface area contributed by atoms with Crippen molar-refractivity contribution in [3.05, 3.63) is 92.6 Å². The van der Waals surface area contributed by atoms with Crippen LogP contribution in [-0.4, -0.2) is 31.4 Å². The predicted molar refractivity (Wildman–Crippen MR) is 145 cm³/mol. The number of benzene rings is 2. The molecule has 7 nitrogen and oxygen atoms in total. The highest BCUT2D eigenvalue weighted by molar-refractivity contribution is 7.99. The number of thioether (sulfide) groups is 1. The summed E-state index contributed by atoms with van der Waals surface area (Å²) in [6, 6.07) is 16.2. The Kier molecular flexibility index (Phi) is 7.64. The number of aromatic nitrogens is 4. The lowest BCUT2D eigenvalue weighted by Crippen LogP contribution is -2.14. The molecule has 182 valence electrons. The number of carbonyl (C=O) groups is 1. The predicted octanol–water partition coefficient (Wildman–Crippen LogP) is 7.27. The fourth-order valence-electron chi connectivity index (χ4n) is 3.40. The number of amides is 1. The molecule has 3 aromatic heterocycles. The molecule has 12 heteroatoms. The highest BCUT2D eigenvalue weighted by Gasteiger charge is 2.19. The molecular weight excluding hydrogens is 561 g/mol. The molecule has 0 aliphatic heterocycles. The fraction of sp³-hybridized carbons (Fsp3) is 0.0833. The van der Waals surface area contributed by atoms with Crippen LogP contribution in [0.2, 0.25) is 15.1 Å². The molecule has 1 N–H and O–H groups in total. The third kappa shape index (κ3) is 5.93. The second-order valence-corrected chi connectivity index (χ2v) is 10.9. The van der Waals surface area contributed by atoms with Gasteiger partial charge in [0.05, 0.1) is 12.0 Å². The summed E-state index contributed by atoms with van der Waals surface area (Å²) in [7, 11) is 0. The normalized spacial score (nSPS) is 11.1. The highest BCUT2D eigenvalue weighted by atomic mass is 35.5. The first-order chi connectivity index (χ1) is 17.4. The molecule has 0 bridgehead atoms. The Hall–Kier alpha value is -2.82. The Morgan fingerprint density at radius 2 is 1.81 bits per heavy atom. The van der Waals surface area contributed by atoms with Crippen LogP contribution >= 0.6 is 57.9 Å². The van der Waals surface area contributed by atoms with Crippen LogP contribution in [0.5, 0.6) is 0 Å². The van der Waals surface area contributed by atoms with Crippen molar-refractivity contribution in [2.75, 3.05) is 11.1 Å². The van der Waals surface area contributed by atoms with E-state index in [1.54, 1.807) is 42.8 Å². The van der Waals surface area contributed by atoms with E-state index in [-0.39, 0.29) is 11.7 Å². The summed E-state index contributed by atoms with van der Waals surface area (Å²) in [6.45, 7) is 0. The Balaban J connectivity index is 1.27. The standard InChI is InChI=1S/C24H16Cl3N5O2S2/c25-15-3-5-18(6-4-15)32-22(20-2-1-7-34-20)30-31-24(32)35-13-21(33)29-23-28-12-19(36-23)10-14-8-16(26)11-17(27)9-14/h1-9,11-12H,10,13H2,(H,28,29,33). The molecule has 0 aliphatic carbocycles. The summed E-state index contributed by atoms with van der Waals surface area (Å²) in [6.07, 6.45) is 3.91. The number of anilines is 1. The van der Waals surface area contributed by atoms with E-state index in [0.29, 0.717) is 43.4 Å². The SMILES string of the molecule is O=C(CSc1nnc(-c2ccco2)n1-c1ccc(Cl)cc1)Nc1ncc(Cc2cc(Cl)cc(Cl)c2)s1. The topological polar surface area (TPSA) is 85.8 Å². The molecule has 36 heavy (non-hydrogen) atoms. The van der Waals surface area contributed by atoms with Gasteiger partial charge in [-0.3, -0.25) is 9.36 Å². The number of nitrogens with zero attached hydrogens (tertiary/aromatic N) is 4. The number of furan rings is 1. The van der Waals surface area contributed by atoms with Crippen molar-refractivity contribution in [3.8, 4) is 17.3 Å². The highest BCUT2D eigenvalue weighted by Crippen LogP contribution is 2.29. The van der Waals surface area contributed by atoms with Gasteiger partial charge in [0, 0.05) is 38.3 Å². The second kappa shape index (κ2) is 11.1. The second-order valence-electron chi connectivity index (χ2n) is 7.52. The number of hydrogen-bond donors (Lipinski definition) is 1. The third-order valence-corrected chi connectivity index (χ3v) is 7.42. The van der Waals surface area contributed by atoms with E-state index in [1.807, 2.05) is 28.8 Å². The molecule has 0 radical (unpaired) electrons. The maximum absolute atomic E-state index is 12.7. The molecule has 2 aromatic carbocycles. The van der Waals surface area contributed by atoms with Gasteiger partial charge >= 0.3 is 0 Å². The maximum Gasteiger partial charge on any atom is 0.236 e. The van der Waals surface area contributed by atoms with Gasteiger partial charge in [-0.05, 0) is 60.2 Å². The van der Waals surface area contributed by atoms with Crippen molar-refractivity contribution in [1.82, 2.24) is 19.7 Å². The quantitative estimate of drug-likeness (QED) is 0.196. The minimum atomic E-state index is -0.211. The fourth-order valence-corrected chi connectivity index (χ4v) is 5.71. The Morgan fingerprint density at radius 3 is 2.53 bits per heavy atom. The molecule has 1 amide bonds. The molecule has 0 spiro atoms. The molecule has 0 saturated heterocycles. The van der Waals surface area contributed by atoms with E-state index >= 15 is 0 Å². The van der Waals surface area contributed by atoms with Crippen molar-refractivity contribution < 1.29 is 9.21 Å². The minimum absolute atomic E-state index is 0.114. The smallest absolute Gasteiger partial charge is 0.236 e. The third-order valence-electron chi connectivity index (χ3n) is 4.89. The zero-order chi connectivity index (χ0) is 25.1. The van der Waals surface area contributed by atoms with Crippen LogP contribution in [0.4, 0.5) is 5.13 Å². The molecule has 5 rings (SSSR count). The molecule has 3 heterocycles. The van der Waals surface area contributed by atoms with Crippen LogP contribution < -0.4 is 5.32 Å². The van der Waals surface area contributed by atoms with Crippen LogP contribution in [0.3, 0.4) is 0 Å². The van der Waals surface area contributed by atoms with E-state index in [1.165, 1.54) is 23.1 Å². The number of rotatable bonds is 8. The molecule has 5 aromatic rings. The van der Waals surface area contributed by atoms with Crippen molar-refractivity contribution >= 4 is 68.9 Å². The minimum Gasteiger partial charge on any atom is -0.461 e. The lowest BCUT2D eigenvalue weighted by atomic mass is 10.1. The number of nitrogens with one attached hydrogen (secondary N) is 1. The van der Waals surface area contributed by atoms with Crippen LogP contribution in [-0.2, 0) is 11.2 Å². The van der Waals surface area contributed by atoms with Gasteiger partial charge in [-0.2, -0.15) is 0 Å². The molecule has 0 aliphatic rings. The molecule has 0 fully saturated rings. The molecule has 0 unspecified atom stereocenters. The number of thiazole rings is 1. The van der Waals surface area contributed by atoms with E-state index in [4.69, 9.17) is 39.2 Å². The first-order valence-electron chi connectivity index (χ1n) is 10.5. The average Bonchev–Trinajstić information content (AvgIpc) is 3.59. The van der Waals surface area contributed by atoms with E-state index < -0.39 is 0 Å². The summed E-state index contributed by atoms with van der Waals surface area (Å²) in [5.41, 5.74) is 1.77. The number of carbonyl (C=O) groups excluding carboxylic acids is 1. The summed E-state index contributed by atoms with van der Waals surface area (Å²) in [5, 5.41) is 14.2. The first-order valence-corrected chi connectivity index (χ1v) is 13.5. The van der Waals surface area contributed by atoms with Crippen LogP contribution in [0.25, 0.3) is 17.3 Å². The van der Waals surface area contributed by atoms with E-state index in [2.05, 4.69) is 20.5 Å². The zero-order valence-electron chi connectivity index (χ0n) is 18.3. The lowest BCUT2D eigenvalue weighted by Gasteiger charge is -2.09. The van der Waals surface area contributed by atoms with Gasteiger partial charge in [-0.25, -0.2) is 4.98 Å². The van der Waals surface area contributed by atoms with Crippen molar-refractivity contribution in [2.24, 2.45) is 0 Å². The summed E-state index contributed by atoms with van der Waals surface area (Å²) < 4.78 is 7.35. The Morgan fingerprint density at radius 1 is 1.03 bits per heavy atom. The van der Waals surface area contributed by atoms with Gasteiger partial charge in [0.1, 0.15) is 0 Å². The summed E-state index contributed by atoms with van der Waals surface area (Å²) >= 11 is 20.9. The van der Waals surface area contributed by atoms with Crippen LogP contribution in [0, 0.1) is 0 Å². The molecular formula is C24H16Cl3N5O2S2. The Labute approximate surface area is 229 Å². The van der Waals surface area contributed by atoms with Crippen molar-refractivity contribution in [2.45, 2.75) is 11.6 Å². The number of hydrogen-bond acceptors (Lipinski definition) is 7. The van der Waals surface area contributed by atoms with Gasteiger partial charge in [-0.15, -0.1) is 21.5 Å². The van der Waals surface area contributed by atoms with Crippen LogP contribution in [0.1, 0.15) is 10.4 Å². The van der Waals surface area contributed by atoms with Gasteiger partial charge in [-0.1, -0.05) is 46.6 Å². The van der Waals surface area contributed by atoms with Gasteiger partial charge in [0.25, 0.3) is 0 Å². The number of halogens is 3.